The monoisotopic (exact) mass is 226 g/mol. The molecule has 1 saturated carbocycles. The van der Waals surface area contributed by atoms with Gasteiger partial charge in [-0.05, 0) is 31.1 Å². The molecule has 3 atom stereocenters. The zero-order valence-electron chi connectivity index (χ0n) is 10.5. The molecule has 3 nitrogen and oxygen atoms in total. The Morgan fingerprint density at radius 2 is 2.19 bits per heavy atom. The molecule has 3 heteroatoms. The molecule has 0 bridgehead atoms. The smallest absolute Gasteiger partial charge is 0.309 e. The van der Waals surface area contributed by atoms with Crippen molar-refractivity contribution in [3.63, 3.8) is 0 Å². The van der Waals surface area contributed by atoms with Gasteiger partial charge in [0.2, 0.25) is 0 Å². The molecule has 1 heterocycles. The number of rotatable bonds is 4. The van der Waals surface area contributed by atoms with E-state index in [1.807, 2.05) is 0 Å². The van der Waals surface area contributed by atoms with Crippen LogP contribution in [-0.2, 0) is 9.53 Å². The number of carboxylic acid groups (broad SMARTS) is 1. The average Bonchev–Trinajstić information content (AvgIpc) is 2.95. The second-order valence-electron chi connectivity index (χ2n) is 6.24. The van der Waals surface area contributed by atoms with Crippen molar-refractivity contribution in [2.75, 3.05) is 0 Å². The summed E-state index contributed by atoms with van der Waals surface area (Å²) < 4.78 is 5.47. The fraction of sp³-hybridized carbons (Fsp3) is 0.923. The molecule has 1 aliphatic heterocycles. The Morgan fingerprint density at radius 3 is 2.69 bits per heavy atom. The van der Waals surface area contributed by atoms with Crippen molar-refractivity contribution >= 4 is 5.97 Å². The standard InChI is InChI=1S/C13H22O3/c1-4-12(2,3)8-13(11(14)15)6-5-9-10(7-13)16-9/h9-10H,4-8H2,1-3H3,(H,14,15). The van der Waals surface area contributed by atoms with Gasteiger partial charge in [-0.1, -0.05) is 27.2 Å². The molecule has 1 aliphatic carbocycles. The van der Waals surface area contributed by atoms with Crippen molar-refractivity contribution in [3.8, 4) is 0 Å². The molecule has 2 fully saturated rings. The Kier molecular flexibility index (Phi) is 2.77. The van der Waals surface area contributed by atoms with Gasteiger partial charge in [-0.3, -0.25) is 4.79 Å². The fourth-order valence-corrected chi connectivity index (χ4v) is 2.99. The van der Waals surface area contributed by atoms with Crippen LogP contribution in [0, 0.1) is 10.8 Å². The van der Waals surface area contributed by atoms with Gasteiger partial charge in [-0.15, -0.1) is 0 Å². The van der Waals surface area contributed by atoms with E-state index in [9.17, 15) is 9.90 Å². The lowest BCUT2D eigenvalue weighted by molar-refractivity contribution is -0.153. The third-order valence-electron chi connectivity index (χ3n) is 4.41. The van der Waals surface area contributed by atoms with Crippen molar-refractivity contribution in [2.45, 2.75) is 65.1 Å². The Morgan fingerprint density at radius 1 is 1.50 bits per heavy atom. The SMILES string of the molecule is CCC(C)(C)CC1(C(=O)O)CCC2OC2C1. The molecule has 0 amide bonds. The van der Waals surface area contributed by atoms with Gasteiger partial charge in [-0.25, -0.2) is 0 Å². The normalized spacial score (nSPS) is 37.9. The van der Waals surface area contributed by atoms with E-state index in [-0.39, 0.29) is 11.5 Å². The summed E-state index contributed by atoms with van der Waals surface area (Å²) in [7, 11) is 0. The van der Waals surface area contributed by atoms with Crippen molar-refractivity contribution in [2.24, 2.45) is 10.8 Å². The summed E-state index contributed by atoms with van der Waals surface area (Å²) in [6.07, 6.45) is 4.84. The summed E-state index contributed by atoms with van der Waals surface area (Å²) in [6.45, 7) is 6.46. The maximum Gasteiger partial charge on any atom is 0.309 e. The predicted molar refractivity (Wildman–Crippen MR) is 61.3 cm³/mol. The van der Waals surface area contributed by atoms with E-state index in [1.54, 1.807) is 0 Å². The highest BCUT2D eigenvalue weighted by Gasteiger charge is 2.55. The van der Waals surface area contributed by atoms with E-state index in [1.165, 1.54) is 0 Å². The van der Waals surface area contributed by atoms with E-state index in [0.717, 1.165) is 32.1 Å². The Labute approximate surface area is 97.2 Å². The Bertz CT molecular complexity index is 298. The van der Waals surface area contributed by atoms with Crippen LogP contribution in [0.1, 0.15) is 52.9 Å². The lowest BCUT2D eigenvalue weighted by atomic mass is 9.65. The van der Waals surface area contributed by atoms with Crippen LogP contribution >= 0.6 is 0 Å². The van der Waals surface area contributed by atoms with E-state index in [4.69, 9.17) is 4.74 Å². The van der Waals surface area contributed by atoms with Crippen molar-refractivity contribution in [1.29, 1.82) is 0 Å². The van der Waals surface area contributed by atoms with Gasteiger partial charge < -0.3 is 9.84 Å². The van der Waals surface area contributed by atoms with Crippen molar-refractivity contribution in [3.05, 3.63) is 0 Å². The molecule has 16 heavy (non-hydrogen) atoms. The van der Waals surface area contributed by atoms with Crippen LogP contribution in [0.3, 0.4) is 0 Å². The Hall–Kier alpha value is -0.570. The molecule has 0 aromatic heterocycles. The molecule has 0 radical (unpaired) electrons. The minimum Gasteiger partial charge on any atom is -0.481 e. The van der Waals surface area contributed by atoms with Gasteiger partial charge in [0.25, 0.3) is 0 Å². The summed E-state index contributed by atoms with van der Waals surface area (Å²) in [6, 6.07) is 0. The van der Waals surface area contributed by atoms with Gasteiger partial charge in [0.05, 0.1) is 17.6 Å². The minimum absolute atomic E-state index is 0.111. The first-order chi connectivity index (χ1) is 7.38. The molecular weight excluding hydrogens is 204 g/mol. The molecule has 0 spiro atoms. The van der Waals surface area contributed by atoms with Gasteiger partial charge in [0, 0.05) is 0 Å². The summed E-state index contributed by atoms with van der Waals surface area (Å²) in [5.74, 6) is -0.622. The maximum atomic E-state index is 11.6. The number of ether oxygens (including phenoxy) is 1. The topological polar surface area (TPSA) is 49.8 Å². The first-order valence-corrected chi connectivity index (χ1v) is 6.27. The highest BCUT2D eigenvalue weighted by atomic mass is 16.6. The summed E-state index contributed by atoms with van der Waals surface area (Å²) in [4.78, 5) is 11.6. The second-order valence-corrected chi connectivity index (χ2v) is 6.24. The fourth-order valence-electron chi connectivity index (χ4n) is 2.99. The van der Waals surface area contributed by atoms with Crippen molar-refractivity contribution < 1.29 is 14.6 Å². The number of aliphatic carboxylic acids is 1. The molecule has 1 saturated heterocycles. The quantitative estimate of drug-likeness (QED) is 0.750. The summed E-state index contributed by atoms with van der Waals surface area (Å²) in [5.41, 5.74) is -0.419. The number of epoxide rings is 1. The zero-order chi connectivity index (χ0) is 12.0. The van der Waals surface area contributed by atoms with Gasteiger partial charge in [0.15, 0.2) is 0 Å². The van der Waals surface area contributed by atoms with Gasteiger partial charge in [0.1, 0.15) is 0 Å². The van der Waals surface area contributed by atoms with E-state index in [0.29, 0.717) is 6.10 Å². The molecule has 2 rings (SSSR count). The van der Waals surface area contributed by atoms with Crippen LogP contribution in [0.25, 0.3) is 0 Å². The number of carbonyl (C=O) groups is 1. The van der Waals surface area contributed by atoms with Crippen LogP contribution in [0.2, 0.25) is 0 Å². The molecular formula is C13H22O3. The van der Waals surface area contributed by atoms with E-state index < -0.39 is 11.4 Å². The summed E-state index contributed by atoms with van der Waals surface area (Å²) in [5, 5.41) is 9.53. The first-order valence-electron chi connectivity index (χ1n) is 6.27. The lowest BCUT2D eigenvalue weighted by Gasteiger charge is -2.38. The number of fused-ring (bicyclic) bond motifs is 1. The second kappa shape index (κ2) is 3.73. The molecule has 2 aliphatic rings. The molecule has 0 aromatic rings. The first kappa shape index (κ1) is 11.9. The number of carboxylic acids is 1. The number of hydrogen-bond donors (Lipinski definition) is 1. The molecule has 1 N–H and O–H groups in total. The predicted octanol–water partition coefficient (Wildman–Crippen LogP) is 2.84. The van der Waals surface area contributed by atoms with Crippen LogP contribution in [-0.4, -0.2) is 23.3 Å². The molecule has 92 valence electrons. The minimum atomic E-state index is -0.622. The Balaban J connectivity index is 2.12. The number of hydrogen-bond acceptors (Lipinski definition) is 2. The third kappa shape index (κ3) is 2.10. The molecule has 0 aromatic carbocycles. The maximum absolute atomic E-state index is 11.6. The lowest BCUT2D eigenvalue weighted by Crippen LogP contribution is -2.39. The molecule has 3 unspecified atom stereocenters. The summed E-state index contributed by atoms with van der Waals surface area (Å²) >= 11 is 0. The van der Waals surface area contributed by atoms with E-state index >= 15 is 0 Å². The van der Waals surface area contributed by atoms with Crippen LogP contribution in [0.15, 0.2) is 0 Å². The van der Waals surface area contributed by atoms with Crippen LogP contribution in [0.4, 0.5) is 0 Å². The highest BCUT2D eigenvalue weighted by Crippen LogP contribution is 2.51. The average molecular weight is 226 g/mol. The largest absolute Gasteiger partial charge is 0.481 e. The van der Waals surface area contributed by atoms with E-state index in [2.05, 4.69) is 20.8 Å². The van der Waals surface area contributed by atoms with Gasteiger partial charge in [-0.2, -0.15) is 0 Å². The van der Waals surface area contributed by atoms with Crippen molar-refractivity contribution in [1.82, 2.24) is 0 Å². The zero-order valence-corrected chi connectivity index (χ0v) is 10.5. The van der Waals surface area contributed by atoms with Crippen LogP contribution in [0.5, 0.6) is 0 Å². The third-order valence-corrected chi connectivity index (χ3v) is 4.41. The van der Waals surface area contributed by atoms with Crippen LogP contribution < -0.4 is 0 Å². The highest BCUT2D eigenvalue weighted by molar-refractivity contribution is 5.75. The van der Waals surface area contributed by atoms with Gasteiger partial charge >= 0.3 is 5.97 Å².